The van der Waals surface area contributed by atoms with Gasteiger partial charge in [0.2, 0.25) is 5.91 Å². The Labute approximate surface area is 159 Å². The number of nitrogens with one attached hydrogen (secondary N) is 1. The molecule has 0 radical (unpaired) electrons. The molecule has 0 aliphatic carbocycles. The largest absolute Gasteiger partial charge is 0.470 e. The van der Waals surface area contributed by atoms with Gasteiger partial charge < -0.3 is 14.5 Å². The van der Waals surface area contributed by atoms with Crippen LogP contribution in [0, 0.1) is 13.8 Å². The Kier molecular flexibility index (Phi) is 5.93. The number of amides is 1. The lowest BCUT2D eigenvalue weighted by Gasteiger charge is -2.33. The van der Waals surface area contributed by atoms with Crippen LogP contribution in [0.2, 0.25) is 0 Å². The molecule has 8 nitrogen and oxygen atoms in total. The van der Waals surface area contributed by atoms with E-state index in [1.165, 1.54) is 0 Å². The fourth-order valence-electron chi connectivity index (χ4n) is 3.46. The van der Waals surface area contributed by atoms with E-state index in [9.17, 15) is 4.79 Å². The molecule has 1 aliphatic rings. The zero-order valence-electron chi connectivity index (χ0n) is 16.5. The van der Waals surface area contributed by atoms with E-state index in [1.807, 2.05) is 37.7 Å². The summed E-state index contributed by atoms with van der Waals surface area (Å²) in [5, 5.41) is 7.18. The average Bonchev–Trinajstić information content (AvgIpc) is 2.98. The highest BCUT2D eigenvalue weighted by atomic mass is 16.5. The summed E-state index contributed by atoms with van der Waals surface area (Å²) in [6.07, 6.45) is 6.26. The number of anilines is 1. The lowest BCUT2D eigenvalue weighted by molar-refractivity contribution is -0.133. The quantitative estimate of drug-likeness (QED) is 0.833. The van der Waals surface area contributed by atoms with Crippen LogP contribution in [0.15, 0.2) is 12.4 Å². The van der Waals surface area contributed by atoms with Gasteiger partial charge >= 0.3 is 0 Å². The van der Waals surface area contributed by atoms with Crippen molar-refractivity contribution in [1.82, 2.24) is 25.1 Å². The number of H-pyrrole nitrogens is 1. The minimum Gasteiger partial charge on any atom is -0.470 e. The number of carbonyl (C=O) groups is 1. The molecule has 1 atom stereocenters. The third kappa shape index (κ3) is 4.56. The van der Waals surface area contributed by atoms with Gasteiger partial charge in [-0.1, -0.05) is 0 Å². The molecule has 1 fully saturated rings. The van der Waals surface area contributed by atoms with Crippen molar-refractivity contribution in [2.75, 3.05) is 32.1 Å². The van der Waals surface area contributed by atoms with Gasteiger partial charge in [-0.05, 0) is 38.7 Å². The first kappa shape index (κ1) is 19.1. The summed E-state index contributed by atoms with van der Waals surface area (Å²) in [6, 6.07) is 0. The summed E-state index contributed by atoms with van der Waals surface area (Å²) in [7, 11) is 3.82. The first-order valence-corrected chi connectivity index (χ1v) is 9.39. The Morgan fingerprint density at radius 2 is 2.11 bits per heavy atom. The number of rotatable bonds is 6. The van der Waals surface area contributed by atoms with E-state index in [2.05, 4.69) is 20.2 Å². The van der Waals surface area contributed by atoms with Gasteiger partial charge in [-0.3, -0.25) is 9.89 Å². The number of carbonyl (C=O) groups excluding carboxylic acids is 1. The van der Waals surface area contributed by atoms with E-state index in [0.29, 0.717) is 31.1 Å². The summed E-state index contributed by atoms with van der Waals surface area (Å²) in [4.78, 5) is 25.1. The maximum absolute atomic E-state index is 12.7. The number of aryl methyl sites for hydroxylation is 2. The molecule has 1 N–H and O–H groups in total. The first-order valence-electron chi connectivity index (χ1n) is 9.39. The number of hydrogen-bond acceptors (Lipinski definition) is 6. The third-order valence-corrected chi connectivity index (χ3v) is 4.95. The van der Waals surface area contributed by atoms with Crippen LogP contribution >= 0.6 is 0 Å². The maximum Gasteiger partial charge on any atom is 0.257 e. The minimum atomic E-state index is -0.0597. The zero-order chi connectivity index (χ0) is 19.4. The normalized spacial score (nSPS) is 17.0. The molecule has 0 spiro atoms. The second kappa shape index (κ2) is 8.37. The molecule has 146 valence electrons. The predicted octanol–water partition coefficient (Wildman–Crippen LogP) is 1.89. The third-order valence-electron chi connectivity index (χ3n) is 4.95. The lowest BCUT2D eigenvalue weighted by Crippen LogP contribution is -2.44. The van der Waals surface area contributed by atoms with Crippen LogP contribution in [0.5, 0.6) is 5.88 Å². The van der Waals surface area contributed by atoms with Crippen LogP contribution in [0.4, 0.5) is 5.82 Å². The number of aromatic amines is 1. The zero-order valence-corrected chi connectivity index (χ0v) is 16.5. The molecule has 1 saturated heterocycles. The van der Waals surface area contributed by atoms with Crippen molar-refractivity contribution in [3.8, 4) is 5.88 Å². The lowest BCUT2D eigenvalue weighted by atomic mass is 10.0. The second-order valence-electron chi connectivity index (χ2n) is 7.21. The second-order valence-corrected chi connectivity index (χ2v) is 7.21. The van der Waals surface area contributed by atoms with Crippen LogP contribution in [-0.4, -0.2) is 64.3 Å². The predicted molar refractivity (Wildman–Crippen MR) is 103 cm³/mol. The van der Waals surface area contributed by atoms with Crippen molar-refractivity contribution in [2.45, 2.75) is 45.6 Å². The highest BCUT2D eigenvalue weighted by Gasteiger charge is 2.26. The fourth-order valence-corrected chi connectivity index (χ4v) is 3.46. The topological polar surface area (TPSA) is 87.2 Å². The highest BCUT2D eigenvalue weighted by Crippen LogP contribution is 2.24. The van der Waals surface area contributed by atoms with Crippen molar-refractivity contribution in [3.63, 3.8) is 0 Å². The van der Waals surface area contributed by atoms with E-state index in [-0.39, 0.29) is 12.0 Å². The number of likely N-dealkylation sites (tertiary alicyclic amines) is 1. The van der Waals surface area contributed by atoms with Gasteiger partial charge in [-0.15, -0.1) is 0 Å². The molecule has 0 aromatic carbocycles. The summed E-state index contributed by atoms with van der Waals surface area (Å²) in [5.41, 5.74) is 3.15. The van der Waals surface area contributed by atoms with Crippen molar-refractivity contribution in [2.24, 2.45) is 0 Å². The van der Waals surface area contributed by atoms with E-state index in [0.717, 1.165) is 36.3 Å². The molecule has 1 amide bonds. The molecule has 27 heavy (non-hydrogen) atoms. The molecule has 0 saturated carbocycles. The number of piperidine rings is 1. The van der Waals surface area contributed by atoms with Gasteiger partial charge in [0, 0.05) is 45.1 Å². The van der Waals surface area contributed by atoms with Gasteiger partial charge in [-0.25, -0.2) is 9.97 Å². The number of ether oxygens (including phenoxy) is 1. The van der Waals surface area contributed by atoms with Crippen LogP contribution in [0.25, 0.3) is 0 Å². The Balaban J connectivity index is 1.58. The molecule has 0 bridgehead atoms. The Morgan fingerprint density at radius 3 is 2.81 bits per heavy atom. The van der Waals surface area contributed by atoms with E-state index >= 15 is 0 Å². The molecule has 3 rings (SSSR count). The van der Waals surface area contributed by atoms with Gasteiger partial charge in [0.05, 0.1) is 12.2 Å². The number of nitrogens with zero attached hydrogens (tertiary/aromatic N) is 5. The molecule has 3 heterocycles. The van der Waals surface area contributed by atoms with Crippen LogP contribution in [-0.2, 0) is 11.2 Å². The maximum atomic E-state index is 12.7. The van der Waals surface area contributed by atoms with Crippen molar-refractivity contribution in [3.05, 3.63) is 29.3 Å². The molecule has 8 heteroatoms. The molecule has 2 aromatic heterocycles. The van der Waals surface area contributed by atoms with Crippen molar-refractivity contribution < 1.29 is 9.53 Å². The monoisotopic (exact) mass is 372 g/mol. The summed E-state index contributed by atoms with van der Waals surface area (Å²) < 4.78 is 6.09. The van der Waals surface area contributed by atoms with E-state index in [4.69, 9.17) is 4.74 Å². The van der Waals surface area contributed by atoms with Crippen LogP contribution < -0.4 is 9.64 Å². The summed E-state index contributed by atoms with van der Waals surface area (Å²) in [5.74, 6) is 1.38. The molecule has 0 unspecified atom stereocenters. The molecular formula is C19H28N6O2. The Hall–Kier alpha value is -2.64. The number of hydrogen-bond donors (Lipinski definition) is 1. The SMILES string of the molecule is Cc1n[nH]c(C)c1CCC(=O)N1CCC[C@H](Oc2nccnc2N(C)C)C1. The van der Waals surface area contributed by atoms with Crippen molar-refractivity contribution in [1.29, 1.82) is 0 Å². The Morgan fingerprint density at radius 1 is 1.33 bits per heavy atom. The van der Waals surface area contributed by atoms with Crippen LogP contribution in [0.1, 0.15) is 36.2 Å². The highest BCUT2D eigenvalue weighted by molar-refractivity contribution is 5.76. The van der Waals surface area contributed by atoms with E-state index in [1.54, 1.807) is 12.4 Å². The molecular weight excluding hydrogens is 344 g/mol. The van der Waals surface area contributed by atoms with Gasteiger partial charge in [-0.2, -0.15) is 5.10 Å². The number of aromatic nitrogens is 4. The van der Waals surface area contributed by atoms with E-state index < -0.39 is 0 Å². The molecule has 1 aliphatic heterocycles. The fraction of sp³-hybridized carbons (Fsp3) is 0.579. The average molecular weight is 372 g/mol. The molecule has 2 aromatic rings. The van der Waals surface area contributed by atoms with Crippen molar-refractivity contribution >= 4 is 11.7 Å². The van der Waals surface area contributed by atoms with Gasteiger partial charge in [0.15, 0.2) is 5.82 Å². The van der Waals surface area contributed by atoms with Crippen LogP contribution in [0.3, 0.4) is 0 Å². The first-order chi connectivity index (χ1) is 13.0. The smallest absolute Gasteiger partial charge is 0.257 e. The van der Waals surface area contributed by atoms with Gasteiger partial charge in [0.25, 0.3) is 5.88 Å². The Bertz CT molecular complexity index is 769. The summed E-state index contributed by atoms with van der Waals surface area (Å²) in [6.45, 7) is 5.33. The standard InChI is InChI=1S/C19H28N6O2/c1-13-16(14(2)23-22-13)7-8-17(26)25-11-5-6-15(12-25)27-19-18(24(3)4)20-9-10-21-19/h9-10,15H,5-8,11-12H2,1-4H3,(H,22,23)/t15-/m0/s1. The van der Waals surface area contributed by atoms with Gasteiger partial charge in [0.1, 0.15) is 6.10 Å². The minimum absolute atomic E-state index is 0.0597. The summed E-state index contributed by atoms with van der Waals surface area (Å²) >= 11 is 0.